The Bertz CT molecular complexity index is 1260. The number of anilines is 2. The maximum absolute atomic E-state index is 12.6. The van der Waals surface area contributed by atoms with Crippen LogP contribution in [0.15, 0.2) is 101 Å². The number of hydrogen-bond acceptors (Lipinski definition) is 6. The van der Waals surface area contributed by atoms with Gasteiger partial charge in [-0.1, -0.05) is 91.0 Å². The van der Waals surface area contributed by atoms with E-state index in [1.807, 2.05) is 95.9 Å². The summed E-state index contributed by atoms with van der Waals surface area (Å²) >= 11 is 0. The summed E-state index contributed by atoms with van der Waals surface area (Å²) in [6.45, 7) is 0.837. The molecular formula is C27H25N3O4. The highest BCUT2D eigenvalue weighted by Crippen LogP contribution is 2.24. The van der Waals surface area contributed by atoms with Gasteiger partial charge in [0.05, 0.1) is 0 Å². The van der Waals surface area contributed by atoms with Crippen LogP contribution >= 0.6 is 0 Å². The molecular weight excluding hydrogens is 430 g/mol. The van der Waals surface area contributed by atoms with Crippen LogP contribution in [-0.2, 0) is 24.3 Å². The molecule has 0 aliphatic carbocycles. The first kappa shape index (κ1) is 22.9. The van der Waals surface area contributed by atoms with Gasteiger partial charge in [-0.2, -0.15) is 0 Å². The number of benzene rings is 3. The van der Waals surface area contributed by atoms with Crippen molar-refractivity contribution in [3.63, 3.8) is 0 Å². The van der Waals surface area contributed by atoms with Crippen LogP contribution in [0, 0.1) is 0 Å². The summed E-state index contributed by atoms with van der Waals surface area (Å²) in [6, 6.07) is 27.5. The maximum Gasteiger partial charge on any atom is 0.322 e. The highest BCUT2D eigenvalue weighted by atomic mass is 16.4. The smallest absolute Gasteiger partial charge is 0.322 e. The fourth-order valence-electron chi connectivity index (χ4n) is 3.83. The van der Waals surface area contributed by atoms with Crippen LogP contribution in [0.5, 0.6) is 0 Å². The molecule has 1 atom stereocenters. The number of nitrogens with one attached hydrogen (secondary N) is 2. The van der Waals surface area contributed by atoms with Crippen molar-refractivity contribution < 1.29 is 9.90 Å². The lowest BCUT2D eigenvalue weighted by molar-refractivity contribution is -0.139. The van der Waals surface area contributed by atoms with Gasteiger partial charge in [-0.05, 0) is 16.7 Å². The molecule has 4 rings (SSSR count). The van der Waals surface area contributed by atoms with Gasteiger partial charge >= 0.3 is 5.97 Å². The average Bonchev–Trinajstić information content (AvgIpc) is 2.86. The zero-order chi connectivity index (χ0) is 23.9. The van der Waals surface area contributed by atoms with Crippen LogP contribution in [-0.4, -0.2) is 17.1 Å². The van der Waals surface area contributed by atoms with Crippen molar-refractivity contribution in [3.05, 3.63) is 128 Å². The van der Waals surface area contributed by atoms with Gasteiger partial charge in [-0.15, -0.1) is 0 Å². The Morgan fingerprint density at radius 2 is 1.21 bits per heavy atom. The SMILES string of the molecule is O=C(O)[C@H](Cc1ccccc1)NNc1c(N(Cc2ccccc2)Cc2ccccc2)c(=O)c1=O. The molecule has 4 aromatic carbocycles. The Hall–Kier alpha value is -4.23. The Kier molecular flexibility index (Phi) is 7.15. The van der Waals surface area contributed by atoms with E-state index in [0.717, 1.165) is 16.7 Å². The molecule has 4 aromatic rings. The zero-order valence-electron chi connectivity index (χ0n) is 18.5. The minimum Gasteiger partial charge on any atom is -0.480 e. The van der Waals surface area contributed by atoms with Gasteiger partial charge in [0, 0.05) is 19.5 Å². The molecule has 34 heavy (non-hydrogen) atoms. The third-order valence-corrected chi connectivity index (χ3v) is 5.59. The summed E-state index contributed by atoms with van der Waals surface area (Å²) in [5.74, 6) is -1.07. The molecule has 3 N–H and O–H groups in total. The van der Waals surface area contributed by atoms with Crippen LogP contribution in [0.2, 0.25) is 0 Å². The monoisotopic (exact) mass is 455 g/mol. The number of carbonyl (C=O) groups is 1. The number of nitrogens with zero attached hydrogens (tertiary/aromatic N) is 1. The maximum atomic E-state index is 12.6. The van der Waals surface area contributed by atoms with Gasteiger partial charge in [-0.3, -0.25) is 14.4 Å². The van der Waals surface area contributed by atoms with E-state index in [2.05, 4.69) is 10.9 Å². The van der Waals surface area contributed by atoms with Crippen LogP contribution < -0.4 is 26.6 Å². The molecule has 0 aliphatic heterocycles. The predicted octanol–water partition coefficient (Wildman–Crippen LogP) is 3.10. The molecule has 0 aliphatic rings. The summed E-state index contributed by atoms with van der Waals surface area (Å²) in [4.78, 5) is 38.7. The fourth-order valence-corrected chi connectivity index (χ4v) is 3.83. The number of rotatable bonds is 11. The van der Waals surface area contributed by atoms with Crippen LogP contribution in [0.1, 0.15) is 16.7 Å². The number of aliphatic carboxylic acids is 1. The summed E-state index contributed by atoms with van der Waals surface area (Å²) in [5.41, 5.74) is 7.34. The van der Waals surface area contributed by atoms with Crippen molar-refractivity contribution in [1.29, 1.82) is 0 Å². The molecule has 0 saturated carbocycles. The molecule has 172 valence electrons. The van der Waals surface area contributed by atoms with E-state index in [1.165, 1.54) is 0 Å². The molecule has 7 nitrogen and oxygen atoms in total. The second-order valence-electron chi connectivity index (χ2n) is 8.06. The van der Waals surface area contributed by atoms with Crippen LogP contribution in [0.4, 0.5) is 11.4 Å². The van der Waals surface area contributed by atoms with Gasteiger partial charge in [0.15, 0.2) is 0 Å². The fraction of sp³-hybridized carbons (Fsp3) is 0.148. The van der Waals surface area contributed by atoms with E-state index in [9.17, 15) is 19.5 Å². The Balaban J connectivity index is 1.57. The van der Waals surface area contributed by atoms with Crippen molar-refractivity contribution in [2.75, 3.05) is 10.3 Å². The summed E-state index contributed by atoms with van der Waals surface area (Å²) < 4.78 is 0. The van der Waals surface area contributed by atoms with E-state index in [0.29, 0.717) is 13.1 Å². The molecule has 0 fully saturated rings. The molecule has 0 bridgehead atoms. The topological polar surface area (TPSA) is 98.7 Å². The van der Waals surface area contributed by atoms with E-state index < -0.39 is 22.9 Å². The first-order chi connectivity index (χ1) is 16.5. The van der Waals surface area contributed by atoms with Crippen LogP contribution in [0.3, 0.4) is 0 Å². The van der Waals surface area contributed by atoms with Gasteiger partial charge in [0.1, 0.15) is 17.4 Å². The molecule has 0 aromatic heterocycles. The van der Waals surface area contributed by atoms with Crippen molar-refractivity contribution in [2.24, 2.45) is 0 Å². The third-order valence-electron chi connectivity index (χ3n) is 5.59. The van der Waals surface area contributed by atoms with E-state index in [-0.39, 0.29) is 17.8 Å². The van der Waals surface area contributed by atoms with Gasteiger partial charge in [-0.25, -0.2) is 5.43 Å². The minimum absolute atomic E-state index is 0.0798. The second-order valence-corrected chi connectivity index (χ2v) is 8.06. The normalized spacial score (nSPS) is 11.8. The number of hydrazine groups is 1. The summed E-state index contributed by atoms with van der Waals surface area (Å²) in [7, 11) is 0. The first-order valence-electron chi connectivity index (χ1n) is 11.0. The van der Waals surface area contributed by atoms with Crippen LogP contribution in [0.25, 0.3) is 0 Å². The van der Waals surface area contributed by atoms with E-state index in [1.54, 1.807) is 0 Å². The molecule has 0 saturated heterocycles. The average molecular weight is 456 g/mol. The number of carboxylic acids is 1. The lowest BCUT2D eigenvalue weighted by atomic mass is 10.1. The summed E-state index contributed by atoms with van der Waals surface area (Å²) in [5, 5.41) is 9.64. The van der Waals surface area contributed by atoms with E-state index >= 15 is 0 Å². The van der Waals surface area contributed by atoms with Crippen molar-refractivity contribution in [2.45, 2.75) is 25.6 Å². The second kappa shape index (κ2) is 10.6. The molecule has 7 heteroatoms. The lowest BCUT2D eigenvalue weighted by Crippen LogP contribution is -2.48. The van der Waals surface area contributed by atoms with E-state index in [4.69, 9.17) is 0 Å². The third kappa shape index (κ3) is 5.39. The van der Waals surface area contributed by atoms with Crippen molar-refractivity contribution in [3.8, 4) is 0 Å². The predicted molar refractivity (Wildman–Crippen MR) is 132 cm³/mol. The zero-order valence-corrected chi connectivity index (χ0v) is 18.5. The quantitative estimate of drug-likeness (QED) is 0.236. The Morgan fingerprint density at radius 1 is 0.735 bits per heavy atom. The number of hydrogen-bond donors (Lipinski definition) is 3. The standard InChI is InChI=1S/C27H25N3O4/c31-25-23(29-28-22(27(33)34)16-19-10-4-1-5-11-19)24(26(25)32)30(17-20-12-6-2-7-13-20)18-21-14-8-3-9-15-21/h1-15,22,28-29H,16-18H2,(H,33,34)/t22-/m0/s1. The molecule has 0 radical (unpaired) electrons. The first-order valence-corrected chi connectivity index (χ1v) is 11.0. The molecule has 0 unspecified atom stereocenters. The van der Waals surface area contributed by atoms with Crippen molar-refractivity contribution >= 4 is 17.3 Å². The van der Waals surface area contributed by atoms with Gasteiger partial charge < -0.3 is 15.4 Å². The van der Waals surface area contributed by atoms with Crippen molar-refractivity contribution in [1.82, 2.24) is 5.43 Å². The van der Waals surface area contributed by atoms with Gasteiger partial charge in [0.25, 0.3) is 10.9 Å². The molecule has 0 heterocycles. The highest BCUT2D eigenvalue weighted by Gasteiger charge is 2.28. The minimum atomic E-state index is -1.07. The Morgan fingerprint density at radius 3 is 1.68 bits per heavy atom. The van der Waals surface area contributed by atoms with Gasteiger partial charge in [0.2, 0.25) is 0 Å². The largest absolute Gasteiger partial charge is 0.480 e. The number of carboxylic acid groups (broad SMARTS) is 1. The Labute approximate surface area is 197 Å². The summed E-state index contributed by atoms with van der Waals surface area (Å²) in [6.07, 6.45) is 0.214. The molecule has 0 spiro atoms. The highest BCUT2D eigenvalue weighted by molar-refractivity contribution is 5.77. The molecule has 0 amide bonds. The lowest BCUT2D eigenvalue weighted by Gasteiger charge is -2.29.